The second-order valence-corrected chi connectivity index (χ2v) is 3.08. The van der Waals surface area contributed by atoms with Crippen LogP contribution >= 0.6 is 0 Å². The molecule has 1 heterocycles. The van der Waals surface area contributed by atoms with E-state index in [9.17, 15) is 5.11 Å². The van der Waals surface area contributed by atoms with Crippen LogP contribution in [-0.4, -0.2) is 4.98 Å². The van der Waals surface area contributed by atoms with Gasteiger partial charge in [0.1, 0.15) is 6.61 Å². The lowest BCUT2D eigenvalue weighted by atomic mass is 10.1. The Bertz CT molecular complexity index is 394. The van der Waals surface area contributed by atoms with Gasteiger partial charge in [0.25, 0.3) is 0 Å². The Balaban J connectivity index is 2.34. The van der Waals surface area contributed by atoms with E-state index in [4.69, 9.17) is 0 Å². The van der Waals surface area contributed by atoms with Gasteiger partial charge in [0.05, 0.1) is 0 Å². The number of rotatable bonds is 2. The summed E-state index contributed by atoms with van der Waals surface area (Å²) >= 11 is 0. The standard InChI is InChI=1S/C12H10NO/c14-9-10-1-3-11(4-2-10)12-5-7-13-8-6-12/h1-8H,9H2. The van der Waals surface area contributed by atoms with Crippen LogP contribution in [0.3, 0.4) is 0 Å². The summed E-state index contributed by atoms with van der Waals surface area (Å²) in [6.45, 7) is -0.156. The summed E-state index contributed by atoms with van der Waals surface area (Å²) in [7, 11) is 0. The smallest absolute Gasteiger partial charge is 0.107 e. The Morgan fingerprint density at radius 2 is 1.43 bits per heavy atom. The highest BCUT2D eigenvalue weighted by molar-refractivity contribution is 5.62. The molecule has 0 N–H and O–H groups in total. The van der Waals surface area contributed by atoms with Crippen LogP contribution in [0.25, 0.3) is 11.1 Å². The lowest BCUT2D eigenvalue weighted by Crippen LogP contribution is -1.82. The van der Waals surface area contributed by atoms with Crippen LogP contribution in [0.4, 0.5) is 0 Å². The minimum Gasteiger partial charge on any atom is -0.265 e. The first kappa shape index (κ1) is 8.91. The molecule has 0 atom stereocenters. The van der Waals surface area contributed by atoms with Crippen molar-refractivity contribution in [1.82, 2.24) is 4.98 Å². The van der Waals surface area contributed by atoms with Crippen LogP contribution in [0, 0.1) is 0 Å². The van der Waals surface area contributed by atoms with E-state index in [0.717, 1.165) is 16.7 Å². The number of hydrogen-bond acceptors (Lipinski definition) is 1. The highest BCUT2D eigenvalue weighted by atomic mass is 16.3. The molecular formula is C12H10NO. The summed E-state index contributed by atoms with van der Waals surface area (Å²) in [6.07, 6.45) is 3.52. The van der Waals surface area contributed by atoms with E-state index < -0.39 is 0 Å². The molecular weight excluding hydrogens is 174 g/mol. The summed E-state index contributed by atoms with van der Waals surface area (Å²) in [5, 5.41) is 10.6. The fraction of sp³-hybridized carbons (Fsp3) is 0.0833. The van der Waals surface area contributed by atoms with Crippen LogP contribution in [0.2, 0.25) is 0 Å². The lowest BCUT2D eigenvalue weighted by Gasteiger charge is -2.01. The van der Waals surface area contributed by atoms with Gasteiger partial charge in [0.2, 0.25) is 0 Å². The van der Waals surface area contributed by atoms with Gasteiger partial charge in [0.15, 0.2) is 0 Å². The van der Waals surface area contributed by atoms with Crippen LogP contribution < -0.4 is 0 Å². The molecule has 0 unspecified atom stereocenters. The molecule has 2 nitrogen and oxygen atoms in total. The van der Waals surface area contributed by atoms with Gasteiger partial charge in [-0.15, -0.1) is 0 Å². The van der Waals surface area contributed by atoms with Gasteiger partial charge < -0.3 is 0 Å². The van der Waals surface area contributed by atoms with E-state index in [-0.39, 0.29) is 6.61 Å². The van der Waals surface area contributed by atoms with E-state index >= 15 is 0 Å². The molecule has 1 aromatic carbocycles. The van der Waals surface area contributed by atoms with Crippen LogP contribution in [0.5, 0.6) is 0 Å². The summed E-state index contributed by atoms with van der Waals surface area (Å²) < 4.78 is 0. The van der Waals surface area contributed by atoms with E-state index in [2.05, 4.69) is 4.98 Å². The zero-order chi connectivity index (χ0) is 9.80. The Hall–Kier alpha value is -1.67. The fourth-order valence-corrected chi connectivity index (χ4v) is 1.34. The van der Waals surface area contributed by atoms with Crippen molar-refractivity contribution in [2.24, 2.45) is 0 Å². The summed E-state index contributed by atoms with van der Waals surface area (Å²) in [5.74, 6) is 0. The molecule has 0 amide bonds. The quantitative estimate of drug-likeness (QED) is 0.706. The van der Waals surface area contributed by atoms with Gasteiger partial charge in [0, 0.05) is 12.4 Å². The predicted molar refractivity (Wildman–Crippen MR) is 54.1 cm³/mol. The first-order valence-corrected chi connectivity index (χ1v) is 4.47. The lowest BCUT2D eigenvalue weighted by molar-refractivity contribution is 0.177. The number of pyridine rings is 1. The van der Waals surface area contributed by atoms with Crippen molar-refractivity contribution in [3.8, 4) is 11.1 Å². The van der Waals surface area contributed by atoms with Crippen molar-refractivity contribution in [1.29, 1.82) is 0 Å². The van der Waals surface area contributed by atoms with Gasteiger partial charge in [-0.25, -0.2) is 5.11 Å². The largest absolute Gasteiger partial charge is 0.265 e. The highest BCUT2D eigenvalue weighted by Gasteiger charge is 1.96. The molecule has 0 aliphatic rings. The van der Waals surface area contributed by atoms with Crippen LogP contribution in [0.15, 0.2) is 48.8 Å². The Morgan fingerprint density at radius 1 is 0.857 bits per heavy atom. The second kappa shape index (κ2) is 4.03. The third-order valence-corrected chi connectivity index (χ3v) is 2.13. The van der Waals surface area contributed by atoms with Gasteiger partial charge in [-0.05, 0) is 28.8 Å². The molecule has 1 aromatic heterocycles. The molecule has 2 heteroatoms. The summed E-state index contributed by atoms with van der Waals surface area (Å²) in [5.41, 5.74) is 3.06. The minimum absolute atomic E-state index is 0.156. The van der Waals surface area contributed by atoms with Gasteiger partial charge in [-0.1, -0.05) is 24.3 Å². The van der Waals surface area contributed by atoms with Crippen molar-refractivity contribution in [3.05, 3.63) is 54.4 Å². The predicted octanol–water partition coefficient (Wildman–Crippen LogP) is 2.68. The molecule has 1 radical (unpaired) electrons. The summed E-state index contributed by atoms with van der Waals surface area (Å²) in [6, 6.07) is 11.6. The molecule has 0 fully saturated rings. The fourth-order valence-electron chi connectivity index (χ4n) is 1.34. The average Bonchev–Trinajstić information content (AvgIpc) is 2.30. The highest BCUT2D eigenvalue weighted by Crippen LogP contribution is 2.18. The maximum atomic E-state index is 10.6. The van der Waals surface area contributed by atoms with Crippen LogP contribution in [0.1, 0.15) is 5.56 Å². The maximum Gasteiger partial charge on any atom is 0.107 e. The molecule has 0 aliphatic heterocycles. The number of aromatic nitrogens is 1. The molecule has 0 saturated carbocycles. The normalized spacial score (nSPS) is 10.1. The van der Waals surface area contributed by atoms with Crippen molar-refractivity contribution in [3.63, 3.8) is 0 Å². The van der Waals surface area contributed by atoms with Gasteiger partial charge in [-0.2, -0.15) is 0 Å². The Labute approximate surface area is 82.9 Å². The Kier molecular flexibility index (Phi) is 2.56. The topological polar surface area (TPSA) is 32.8 Å². The number of nitrogens with zero attached hydrogens (tertiary/aromatic N) is 1. The average molecular weight is 184 g/mol. The van der Waals surface area contributed by atoms with Crippen molar-refractivity contribution >= 4 is 0 Å². The minimum atomic E-state index is -0.156. The maximum absolute atomic E-state index is 10.6. The molecule has 2 aromatic rings. The van der Waals surface area contributed by atoms with E-state index in [1.54, 1.807) is 12.4 Å². The second-order valence-electron chi connectivity index (χ2n) is 3.08. The van der Waals surface area contributed by atoms with Gasteiger partial charge >= 0.3 is 0 Å². The van der Waals surface area contributed by atoms with Crippen molar-refractivity contribution < 1.29 is 5.11 Å². The molecule has 0 saturated heterocycles. The van der Waals surface area contributed by atoms with E-state index in [1.165, 1.54) is 0 Å². The van der Waals surface area contributed by atoms with Crippen LogP contribution in [-0.2, 0) is 11.7 Å². The molecule has 2 rings (SSSR count). The van der Waals surface area contributed by atoms with Gasteiger partial charge in [-0.3, -0.25) is 4.98 Å². The zero-order valence-electron chi connectivity index (χ0n) is 7.68. The molecule has 0 spiro atoms. The zero-order valence-corrected chi connectivity index (χ0v) is 7.68. The third-order valence-electron chi connectivity index (χ3n) is 2.13. The first-order valence-electron chi connectivity index (χ1n) is 4.47. The SMILES string of the molecule is [O]Cc1ccc(-c2ccncc2)cc1. The monoisotopic (exact) mass is 184 g/mol. The molecule has 0 aliphatic carbocycles. The number of benzene rings is 1. The molecule has 14 heavy (non-hydrogen) atoms. The van der Waals surface area contributed by atoms with Crippen molar-refractivity contribution in [2.75, 3.05) is 0 Å². The Morgan fingerprint density at radius 3 is 2.00 bits per heavy atom. The number of hydrogen-bond donors (Lipinski definition) is 0. The molecule has 0 bridgehead atoms. The van der Waals surface area contributed by atoms with E-state index in [0.29, 0.717) is 0 Å². The molecule has 69 valence electrons. The summed E-state index contributed by atoms with van der Waals surface area (Å²) in [4.78, 5) is 3.95. The first-order chi connectivity index (χ1) is 6.90. The van der Waals surface area contributed by atoms with E-state index in [1.807, 2.05) is 36.4 Å². The third kappa shape index (κ3) is 1.80. The van der Waals surface area contributed by atoms with Crippen molar-refractivity contribution in [2.45, 2.75) is 6.61 Å².